The maximum Gasteiger partial charge on any atom is 0.0718 e. The van der Waals surface area contributed by atoms with Crippen LogP contribution in [0.3, 0.4) is 0 Å². The van der Waals surface area contributed by atoms with Crippen molar-refractivity contribution in [2.24, 2.45) is 0 Å². The van der Waals surface area contributed by atoms with Gasteiger partial charge < -0.3 is 9.64 Å². The van der Waals surface area contributed by atoms with E-state index in [2.05, 4.69) is 43.5 Å². The van der Waals surface area contributed by atoms with E-state index in [-0.39, 0.29) is 0 Å². The third-order valence-corrected chi connectivity index (χ3v) is 3.85. The molecule has 2 heterocycles. The van der Waals surface area contributed by atoms with Crippen molar-refractivity contribution < 1.29 is 4.74 Å². The third-order valence-electron chi connectivity index (χ3n) is 3.85. The van der Waals surface area contributed by atoms with Crippen molar-refractivity contribution in [2.75, 3.05) is 26.7 Å². The minimum absolute atomic E-state index is 0.480. The van der Waals surface area contributed by atoms with Gasteiger partial charge in [-0.05, 0) is 25.8 Å². The van der Waals surface area contributed by atoms with E-state index < -0.39 is 0 Å². The van der Waals surface area contributed by atoms with E-state index in [1.807, 2.05) is 6.08 Å². The van der Waals surface area contributed by atoms with Crippen LogP contribution in [0.5, 0.6) is 0 Å². The van der Waals surface area contributed by atoms with Crippen molar-refractivity contribution in [1.29, 1.82) is 0 Å². The lowest BCUT2D eigenvalue weighted by Crippen LogP contribution is -2.38. The number of ether oxygens (including phenoxy) is 1. The van der Waals surface area contributed by atoms with Gasteiger partial charge in [-0.1, -0.05) is 12.7 Å². The van der Waals surface area contributed by atoms with Crippen LogP contribution in [0.4, 0.5) is 0 Å². The summed E-state index contributed by atoms with van der Waals surface area (Å²) in [4.78, 5) is 4.76. The molecule has 17 heavy (non-hydrogen) atoms. The van der Waals surface area contributed by atoms with Gasteiger partial charge in [0.25, 0.3) is 0 Å². The monoisotopic (exact) mass is 236 g/mol. The number of rotatable bonds is 5. The molecule has 0 spiro atoms. The standard InChI is InChI=1S/C14H24N2O/c1-5-12(7-15(4)11(2)3)8-16-9-14-6-13(16)10-17-14/h5,7,11,13-14H,1,6,8-10H2,2-4H3/b12-7+/t13-,14-/m1/s1. The number of fused-ring (bicyclic) bond motifs is 2. The number of hydrogen-bond donors (Lipinski definition) is 0. The second-order valence-corrected chi connectivity index (χ2v) is 5.44. The molecule has 2 aliphatic heterocycles. The summed E-state index contributed by atoms with van der Waals surface area (Å²) in [5, 5.41) is 0. The first kappa shape index (κ1) is 12.7. The van der Waals surface area contributed by atoms with Crippen LogP contribution in [0.15, 0.2) is 24.4 Å². The Balaban J connectivity index is 1.93. The predicted molar refractivity (Wildman–Crippen MR) is 70.9 cm³/mol. The van der Waals surface area contributed by atoms with Crippen LogP contribution in [0.2, 0.25) is 0 Å². The first-order valence-electron chi connectivity index (χ1n) is 6.51. The molecule has 2 bridgehead atoms. The lowest BCUT2D eigenvalue weighted by atomic mass is 10.2. The average Bonchev–Trinajstić information content (AvgIpc) is 2.89. The van der Waals surface area contributed by atoms with Crippen molar-refractivity contribution >= 4 is 0 Å². The smallest absolute Gasteiger partial charge is 0.0718 e. The van der Waals surface area contributed by atoms with Crippen LogP contribution in [-0.2, 0) is 4.74 Å². The summed E-state index contributed by atoms with van der Waals surface area (Å²) in [6.45, 7) is 11.3. The highest BCUT2D eigenvalue weighted by Gasteiger charge is 2.38. The molecule has 2 rings (SSSR count). The van der Waals surface area contributed by atoms with Gasteiger partial charge >= 0.3 is 0 Å². The molecule has 2 saturated heterocycles. The van der Waals surface area contributed by atoms with Crippen LogP contribution in [0.1, 0.15) is 20.3 Å². The molecule has 0 saturated carbocycles. The Morgan fingerprint density at radius 3 is 2.82 bits per heavy atom. The summed E-state index contributed by atoms with van der Waals surface area (Å²) in [6, 6.07) is 1.16. The molecule has 0 aliphatic carbocycles. The van der Waals surface area contributed by atoms with Crippen molar-refractivity contribution in [3.8, 4) is 0 Å². The van der Waals surface area contributed by atoms with Crippen LogP contribution >= 0.6 is 0 Å². The van der Waals surface area contributed by atoms with Gasteiger partial charge in [-0.2, -0.15) is 0 Å². The van der Waals surface area contributed by atoms with Crippen molar-refractivity contribution in [1.82, 2.24) is 9.80 Å². The zero-order valence-corrected chi connectivity index (χ0v) is 11.2. The minimum atomic E-state index is 0.480. The average molecular weight is 236 g/mol. The molecule has 0 aromatic heterocycles. The van der Waals surface area contributed by atoms with E-state index in [1.54, 1.807) is 0 Å². The Kier molecular flexibility index (Phi) is 3.89. The molecule has 0 aromatic carbocycles. The topological polar surface area (TPSA) is 15.7 Å². The number of nitrogens with zero attached hydrogens (tertiary/aromatic N) is 2. The molecule has 2 fully saturated rings. The third kappa shape index (κ3) is 2.90. The number of likely N-dealkylation sites (tertiary alicyclic amines) is 1. The SMILES string of the molecule is C=C/C(=C\N(C)C(C)C)CN1C[C@H]2C[C@@H]1CO2. The lowest BCUT2D eigenvalue weighted by molar-refractivity contribution is 0.0347. The van der Waals surface area contributed by atoms with Gasteiger partial charge in [0.05, 0.1) is 12.7 Å². The predicted octanol–water partition coefficient (Wildman–Crippen LogP) is 1.87. The second kappa shape index (κ2) is 5.23. The first-order valence-corrected chi connectivity index (χ1v) is 6.51. The Morgan fingerprint density at radius 1 is 1.59 bits per heavy atom. The van der Waals surface area contributed by atoms with Crippen LogP contribution in [0.25, 0.3) is 0 Å². The maximum atomic E-state index is 5.62. The fraction of sp³-hybridized carbons (Fsp3) is 0.714. The van der Waals surface area contributed by atoms with E-state index in [0.717, 1.165) is 19.7 Å². The summed E-state index contributed by atoms with van der Waals surface area (Å²) in [5.74, 6) is 0. The van der Waals surface area contributed by atoms with Gasteiger partial charge in [0.1, 0.15) is 0 Å². The lowest BCUT2D eigenvalue weighted by Gasteiger charge is -2.28. The molecule has 0 N–H and O–H groups in total. The molecule has 96 valence electrons. The molecular formula is C14H24N2O. The van der Waals surface area contributed by atoms with Gasteiger partial charge in [-0.3, -0.25) is 4.90 Å². The number of morpholine rings is 1. The van der Waals surface area contributed by atoms with E-state index in [4.69, 9.17) is 4.74 Å². The second-order valence-electron chi connectivity index (χ2n) is 5.44. The molecular weight excluding hydrogens is 212 g/mol. The summed E-state index contributed by atoms with van der Waals surface area (Å²) in [7, 11) is 2.12. The molecule has 3 heteroatoms. The normalized spacial score (nSPS) is 29.1. The molecule has 2 aliphatic rings. The highest BCUT2D eigenvalue weighted by molar-refractivity contribution is 5.18. The van der Waals surface area contributed by atoms with Crippen LogP contribution in [0, 0.1) is 0 Å². The van der Waals surface area contributed by atoms with Crippen LogP contribution < -0.4 is 0 Å². The highest BCUT2D eigenvalue weighted by atomic mass is 16.5. The van der Waals surface area contributed by atoms with Crippen molar-refractivity contribution in [3.05, 3.63) is 24.4 Å². The zero-order valence-electron chi connectivity index (χ0n) is 11.2. The Labute approximate surface area is 105 Å². The molecule has 0 unspecified atom stereocenters. The summed E-state index contributed by atoms with van der Waals surface area (Å²) in [6.07, 6.45) is 5.88. The fourth-order valence-corrected chi connectivity index (χ4v) is 2.48. The van der Waals surface area contributed by atoms with Gasteiger partial charge in [0.2, 0.25) is 0 Å². The quantitative estimate of drug-likeness (QED) is 0.678. The highest BCUT2D eigenvalue weighted by Crippen LogP contribution is 2.28. The van der Waals surface area contributed by atoms with E-state index >= 15 is 0 Å². The molecule has 0 radical (unpaired) electrons. The first-order chi connectivity index (χ1) is 8.10. The fourth-order valence-electron chi connectivity index (χ4n) is 2.48. The van der Waals surface area contributed by atoms with Gasteiger partial charge in [0, 0.05) is 38.4 Å². The van der Waals surface area contributed by atoms with Gasteiger partial charge in [0.15, 0.2) is 0 Å². The Hall–Kier alpha value is -0.800. The largest absolute Gasteiger partial charge is 0.378 e. The van der Waals surface area contributed by atoms with E-state index in [9.17, 15) is 0 Å². The molecule has 0 amide bonds. The maximum absolute atomic E-state index is 5.62. The minimum Gasteiger partial charge on any atom is -0.378 e. The Morgan fingerprint density at radius 2 is 2.35 bits per heavy atom. The number of hydrogen-bond acceptors (Lipinski definition) is 3. The van der Waals surface area contributed by atoms with Crippen molar-refractivity contribution in [3.63, 3.8) is 0 Å². The molecule has 2 atom stereocenters. The van der Waals surface area contributed by atoms with Gasteiger partial charge in [-0.25, -0.2) is 0 Å². The zero-order chi connectivity index (χ0) is 12.4. The van der Waals surface area contributed by atoms with E-state index in [1.165, 1.54) is 12.0 Å². The van der Waals surface area contributed by atoms with E-state index in [0.29, 0.717) is 18.2 Å². The summed E-state index contributed by atoms with van der Waals surface area (Å²) >= 11 is 0. The summed E-state index contributed by atoms with van der Waals surface area (Å²) < 4.78 is 5.62. The van der Waals surface area contributed by atoms with Gasteiger partial charge in [-0.15, -0.1) is 0 Å². The molecule has 0 aromatic rings. The summed E-state index contributed by atoms with van der Waals surface area (Å²) in [5.41, 5.74) is 1.30. The Bertz CT molecular complexity index is 311. The molecule has 3 nitrogen and oxygen atoms in total. The van der Waals surface area contributed by atoms with Crippen LogP contribution in [-0.4, -0.2) is 54.7 Å². The van der Waals surface area contributed by atoms with Crippen molar-refractivity contribution in [2.45, 2.75) is 38.5 Å².